The summed E-state index contributed by atoms with van der Waals surface area (Å²) in [5, 5.41) is 4.65. The highest BCUT2D eigenvalue weighted by Crippen LogP contribution is 2.36. The summed E-state index contributed by atoms with van der Waals surface area (Å²) in [4.78, 5) is 9.15. The van der Waals surface area contributed by atoms with Gasteiger partial charge in [-0.1, -0.05) is 38.1 Å². The number of rotatable bonds is 3. The van der Waals surface area contributed by atoms with Crippen LogP contribution in [0.4, 0.5) is 0 Å². The van der Waals surface area contributed by atoms with Crippen LogP contribution >= 0.6 is 0 Å². The molecule has 4 rings (SSSR count). The number of aromatic nitrogens is 4. The Morgan fingerprint density at radius 3 is 2.70 bits per heavy atom. The standard InChI is InChI=1S/C18H18N4O/c1-12(2)17-20-18(22(21-17)16-9-5-6-10-19-16)15-11-13-7-3-4-8-14(13)23-15/h3-10,12,15H,11H2,1-2H3/t15-/m1/s1. The molecule has 1 aromatic carbocycles. The van der Waals surface area contributed by atoms with Crippen LogP contribution in [0, 0.1) is 0 Å². The van der Waals surface area contributed by atoms with E-state index in [1.54, 1.807) is 6.20 Å². The Kier molecular flexibility index (Phi) is 3.33. The molecule has 1 atom stereocenters. The zero-order valence-corrected chi connectivity index (χ0v) is 13.2. The molecule has 2 aromatic heterocycles. The van der Waals surface area contributed by atoms with E-state index in [9.17, 15) is 0 Å². The van der Waals surface area contributed by atoms with Crippen LogP contribution in [0.3, 0.4) is 0 Å². The SMILES string of the molecule is CC(C)c1nc([C@H]2Cc3ccccc3O2)n(-c2ccccn2)n1. The Balaban J connectivity index is 1.77. The van der Waals surface area contributed by atoms with Crippen LogP contribution in [-0.2, 0) is 6.42 Å². The maximum Gasteiger partial charge on any atom is 0.175 e. The first-order valence-corrected chi connectivity index (χ1v) is 7.85. The Hall–Kier alpha value is -2.69. The highest BCUT2D eigenvalue weighted by Gasteiger charge is 2.30. The molecule has 0 radical (unpaired) electrons. The van der Waals surface area contributed by atoms with Crippen LogP contribution in [-0.4, -0.2) is 19.7 Å². The first kappa shape index (κ1) is 13.9. The largest absolute Gasteiger partial charge is 0.482 e. The first-order chi connectivity index (χ1) is 11.2. The van der Waals surface area contributed by atoms with Crippen LogP contribution < -0.4 is 4.74 Å². The van der Waals surface area contributed by atoms with Crippen LogP contribution in [0.1, 0.15) is 43.1 Å². The second-order valence-corrected chi connectivity index (χ2v) is 6.00. The summed E-state index contributed by atoms with van der Waals surface area (Å²) < 4.78 is 7.91. The van der Waals surface area contributed by atoms with E-state index in [0.29, 0.717) is 0 Å². The molecule has 0 fully saturated rings. The van der Waals surface area contributed by atoms with Gasteiger partial charge in [0.15, 0.2) is 23.6 Å². The third kappa shape index (κ3) is 2.48. The van der Waals surface area contributed by atoms with Gasteiger partial charge in [0.05, 0.1) is 0 Å². The van der Waals surface area contributed by atoms with Gasteiger partial charge in [-0.2, -0.15) is 4.68 Å². The maximum absolute atomic E-state index is 6.10. The number of hydrogen-bond acceptors (Lipinski definition) is 4. The van der Waals surface area contributed by atoms with Crippen molar-refractivity contribution in [3.05, 3.63) is 65.9 Å². The van der Waals surface area contributed by atoms with Crippen molar-refractivity contribution in [1.82, 2.24) is 19.7 Å². The van der Waals surface area contributed by atoms with Gasteiger partial charge in [0.1, 0.15) is 5.75 Å². The molecule has 3 aromatic rings. The summed E-state index contributed by atoms with van der Waals surface area (Å²) in [5.74, 6) is 3.57. The minimum Gasteiger partial charge on any atom is -0.482 e. The van der Waals surface area contributed by atoms with Gasteiger partial charge in [0, 0.05) is 18.5 Å². The summed E-state index contributed by atoms with van der Waals surface area (Å²) >= 11 is 0. The molecule has 0 saturated carbocycles. The van der Waals surface area contributed by atoms with Crippen LogP contribution in [0.5, 0.6) is 5.75 Å². The number of ether oxygens (including phenoxy) is 1. The number of para-hydroxylation sites is 1. The molecule has 5 heteroatoms. The monoisotopic (exact) mass is 306 g/mol. The molecule has 23 heavy (non-hydrogen) atoms. The number of fused-ring (bicyclic) bond motifs is 1. The predicted molar refractivity (Wildman–Crippen MR) is 86.8 cm³/mol. The lowest BCUT2D eigenvalue weighted by molar-refractivity contribution is 0.224. The Bertz CT molecular complexity index is 801. The molecular weight excluding hydrogens is 288 g/mol. The Morgan fingerprint density at radius 2 is 1.96 bits per heavy atom. The molecule has 1 aliphatic rings. The molecule has 0 bridgehead atoms. The van der Waals surface area contributed by atoms with Crippen LogP contribution in [0.2, 0.25) is 0 Å². The average Bonchev–Trinajstić information content (AvgIpc) is 3.19. The van der Waals surface area contributed by atoms with E-state index in [-0.39, 0.29) is 12.0 Å². The van der Waals surface area contributed by atoms with Gasteiger partial charge in [0.25, 0.3) is 0 Å². The van der Waals surface area contributed by atoms with Crippen molar-refractivity contribution >= 4 is 0 Å². The molecule has 116 valence electrons. The molecule has 0 N–H and O–H groups in total. The van der Waals surface area contributed by atoms with Gasteiger partial charge in [-0.05, 0) is 23.8 Å². The summed E-state index contributed by atoms with van der Waals surface area (Å²) in [6, 6.07) is 13.9. The second-order valence-electron chi connectivity index (χ2n) is 6.00. The Labute approximate surface area is 135 Å². The molecule has 0 spiro atoms. The molecule has 3 heterocycles. The van der Waals surface area contributed by atoms with E-state index < -0.39 is 0 Å². The zero-order valence-electron chi connectivity index (χ0n) is 13.2. The van der Waals surface area contributed by atoms with Crippen molar-refractivity contribution in [3.63, 3.8) is 0 Å². The van der Waals surface area contributed by atoms with Crippen molar-refractivity contribution in [2.75, 3.05) is 0 Å². The van der Waals surface area contributed by atoms with E-state index in [1.165, 1.54) is 5.56 Å². The maximum atomic E-state index is 6.10. The van der Waals surface area contributed by atoms with Gasteiger partial charge >= 0.3 is 0 Å². The minimum atomic E-state index is -0.130. The lowest BCUT2D eigenvalue weighted by Crippen LogP contribution is -2.13. The van der Waals surface area contributed by atoms with Crippen molar-refractivity contribution in [3.8, 4) is 11.6 Å². The molecule has 5 nitrogen and oxygen atoms in total. The fourth-order valence-corrected chi connectivity index (χ4v) is 2.77. The van der Waals surface area contributed by atoms with Gasteiger partial charge in [-0.25, -0.2) is 9.97 Å². The van der Waals surface area contributed by atoms with Crippen molar-refractivity contribution in [2.24, 2.45) is 0 Å². The van der Waals surface area contributed by atoms with E-state index in [1.807, 2.05) is 41.1 Å². The molecule has 0 amide bonds. The summed E-state index contributed by atoms with van der Waals surface area (Å²) in [7, 11) is 0. The smallest absolute Gasteiger partial charge is 0.175 e. The first-order valence-electron chi connectivity index (χ1n) is 7.85. The van der Waals surface area contributed by atoms with Gasteiger partial charge < -0.3 is 4.74 Å². The van der Waals surface area contributed by atoms with Crippen molar-refractivity contribution in [1.29, 1.82) is 0 Å². The number of nitrogens with zero attached hydrogens (tertiary/aromatic N) is 4. The topological polar surface area (TPSA) is 52.8 Å². The van der Waals surface area contributed by atoms with E-state index in [2.05, 4.69) is 30.0 Å². The zero-order chi connectivity index (χ0) is 15.8. The highest BCUT2D eigenvalue weighted by molar-refractivity contribution is 5.38. The number of benzene rings is 1. The highest BCUT2D eigenvalue weighted by atomic mass is 16.5. The number of pyridine rings is 1. The van der Waals surface area contributed by atoms with E-state index in [0.717, 1.165) is 29.6 Å². The third-order valence-corrected chi connectivity index (χ3v) is 3.97. The van der Waals surface area contributed by atoms with Gasteiger partial charge in [0.2, 0.25) is 0 Å². The molecule has 0 unspecified atom stereocenters. The molecular formula is C18H18N4O. The summed E-state index contributed by atoms with van der Waals surface area (Å²) in [5.41, 5.74) is 1.21. The van der Waals surface area contributed by atoms with Gasteiger partial charge in [-0.3, -0.25) is 0 Å². The van der Waals surface area contributed by atoms with Crippen molar-refractivity contribution in [2.45, 2.75) is 32.3 Å². The molecule has 0 aliphatic carbocycles. The van der Waals surface area contributed by atoms with E-state index >= 15 is 0 Å². The second kappa shape index (κ2) is 5.50. The predicted octanol–water partition coefficient (Wildman–Crippen LogP) is 3.46. The fraction of sp³-hybridized carbons (Fsp3) is 0.278. The lowest BCUT2D eigenvalue weighted by Gasteiger charge is -2.11. The summed E-state index contributed by atoms with van der Waals surface area (Å²) in [6.07, 6.45) is 2.44. The molecule has 0 saturated heterocycles. The normalized spacial score (nSPS) is 16.4. The van der Waals surface area contributed by atoms with Crippen LogP contribution in [0.25, 0.3) is 5.82 Å². The summed E-state index contributed by atoms with van der Waals surface area (Å²) in [6.45, 7) is 4.18. The number of hydrogen-bond donors (Lipinski definition) is 0. The van der Waals surface area contributed by atoms with E-state index in [4.69, 9.17) is 9.72 Å². The minimum absolute atomic E-state index is 0.130. The molecule has 1 aliphatic heterocycles. The Morgan fingerprint density at radius 1 is 1.13 bits per heavy atom. The average molecular weight is 306 g/mol. The van der Waals surface area contributed by atoms with Crippen molar-refractivity contribution < 1.29 is 4.74 Å². The van der Waals surface area contributed by atoms with Gasteiger partial charge in [-0.15, -0.1) is 5.10 Å². The lowest BCUT2D eigenvalue weighted by atomic mass is 10.1. The van der Waals surface area contributed by atoms with Crippen LogP contribution in [0.15, 0.2) is 48.7 Å². The third-order valence-electron chi connectivity index (χ3n) is 3.97. The quantitative estimate of drug-likeness (QED) is 0.743. The fourth-order valence-electron chi connectivity index (χ4n) is 2.77.